The van der Waals surface area contributed by atoms with Crippen molar-refractivity contribution in [1.29, 1.82) is 0 Å². The first-order chi connectivity index (χ1) is 5.40. The van der Waals surface area contributed by atoms with Gasteiger partial charge < -0.3 is 10.1 Å². The molecule has 0 aromatic rings. The van der Waals surface area contributed by atoms with Crippen LogP contribution in [0.5, 0.6) is 0 Å². The number of nitrogens with zero attached hydrogens (tertiary/aromatic N) is 1. The van der Waals surface area contributed by atoms with Crippen LogP contribution >= 0.6 is 0 Å². The maximum atomic E-state index is 5.85. The maximum Gasteiger partial charge on any atom is 0.0875 e. The zero-order valence-corrected chi connectivity index (χ0v) is 6.79. The maximum absolute atomic E-state index is 5.85. The minimum absolute atomic E-state index is 0.484. The molecule has 1 N–H and O–H groups in total. The Morgan fingerprint density at radius 2 is 2.36 bits per heavy atom. The van der Waals surface area contributed by atoms with Gasteiger partial charge >= 0.3 is 0 Å². The molecule has 0 saturated carbocycles. The molecule has 4 atom stereocenters. The number of nitrogens with one attached hydrogen (secondary N) is 1. The van der Waals surface area contributed by atoms with Crippen LogP contribution < -0.4 is 5.32 Å². The van der Waals surface area contributed by atoms with Crippen molar-refractivity contribution in [2.24, 2.45) is 0 Å². The van der Waals surface area contributed by atoms with E-state index >= 15 is 0 Å². The lowest BCUT2D eigenvalue weighted by Crippen LogP contribution is -2.40. The van der Waals surface area contributed by atoms with Crippen molar-refractivity contribution in [3.8, 4) is 0 Å². The summed E-state index contributed by atoms with van der Waals surface area (Å²) in [4.78, 5) is 2.57. The third kappa shape index (κ3) is 0.643. The lowest BCUT2D eigenvalue weighted by molar-refractivity contribution is 0.00833. The van der Waals surface area contributed by atoms with Crippen molar-refractivity contribution in [1.82, 2.24) is 10.2 Å². The van der Waals surface area contributed by atoms with Crippen molar-refractivity contribution in [2.45, 2.75) is 30.7 Å². The molecule has 0 aromatic heterocycles. The first-order valence-corrected chi connectivity index (χ1v) is 4.47. The van der Waals surface area contributed by atoms with E-state index in [2.05, 4.69) is 10.2 Å². The minimum Gasteiger partial charge on any atom is -0.370 e. The molecule has 3 fully saturated rings. The number of fused-ring (bicyclic) bond motifs is 1. The average molecular weight is 154 g/mol. The largest absolute Gasteiger partial charge is 0.370 e. The Bertz CT molecular complexity index is 171. The molecule has 3 saturated heterocycles. The summed E-state index contributed by atoms with van der Waals surface area (Å²) in [5.41, 5.74) is 0. The number of hydrogen-bond acceptors (Lipinski definition) is 3. The third-order valence-electron chi connectivity index (χ3n) is 3.37. The van der Waals surface area contributed by atoms with Crippen molar-refractivity contribution >= 4 is 0 Å². The molecule has 0 radical (unpaired) electrons. The monoisotopic (exact) mass is 154 g/mol. The first-order valence-electron chi connectivity index (χ1n) is 4.47. The highest BCUT2D eigenvalue weighted by atomic mass is 16.5. The lowest BCUT2D eigenvalue weighted by atomic mass is 10.1. The molecular weight excluding hydrogens is 140 g/mol. The van der Waals surface area contributed by atoms with Crippen molar-refractivity contribution in [3.63, 3.8) is 0 Å². The summed E-state index contributed by atoms with van der Waals surface area (Å²) < 4.78 is 5.85. The molecule has 3 nitrogen and oxygen atoms in total. The highest BCUT2D eigenvalue weighted by Crippen LogP contribution is 2.39. The van der Waals surface area contributed by atoms with Gasteiger partial charge in [0.05, 0.1) is 24.3 Å². The Morgan fingerprint density at radius 3 is 3.00 bits per heavy atom. The minimum atomic E-state index is 0.484. The van der Waals surface area contributed by atoms with E-state index < -0.39 is 0 Å². The quantitative estimate of drug-likeness (QED) is 0.547. The lowest BCUT2D eigenvalue weighted by Gasteiger charge is -2.21. The molecule has 11 heavy (non-hydrogen) atoms. The van der Waals surface area contributed by atoms with Crippen molar-refractivity contribution in [2.75, 3.05) is 20.1 Å². The van der Waals surface area contributed by atoms with E-state index in [1.807, 2.05) is 7.05 Å². The van der Waals surface area contributed by atoms with Gasteiger partial charge in [-0.3, -0.25) is 4.90 Å². The third-order valence-corrected chi connectivity index (χ3v) is 3.37. The molecule has 2 bridgehead atoms. The van der Waals surface area contributed by atoms with Crippen LogP contribution in [0, 0.1) is 0 Å². The van der Waals surface area contributed by atoms with Crippen molar-refractivity contribution in [3.05, 3.63) is 0 Å². The average Bonchev–Trinajstić information content (AvgIpc) is 2.55. The molecule has 0 aliphatic carbocycles. The molecule has 3 aliphatic heterocycles. The summed E-state index contributed by atoms with van der Waals surface area (Å²) in [5.74, 6) is 0. The summed E-state index contributed by atoms with van der Waals surface area (Å²) in [5, 5.41) is 3.36. The van der Waals surface area contributed by atoms with Gasteiger partial charge in [0.25, 0.3) is 0 Å². The van der Waals surface area contributed by atoms with Gasteiger partial charge in [0, 0.05) is 13.1 Å². The smallest absolute Gasteiger partial charge is 0.0875 e. The molecule has 0 aromatic carbocycles. The molecule has 3 rings (SSSR count). The predicted molar refractivity (Wildman–Crippen MR) is 41.5 cm³/mol. The van der Waals surface area contributed by atoms with Gasteiger partial charge in [0.2, 0.25) is 0 Å². The Hall–Kier alpha value is -0.120. The zero-order chi connectivity index (χ0) is 7.42. The molecule has 0 amide bonds. The molecular formula is C8H14N2O. The Morgan fingerprint density at radius 1 is 1.45 bits per heavy atom. The van der Waals surface area contributed by atoms with Gasteiger partial charge in [-0.05, 0) is 13.5 Å². The highest BCUT2D eigenvalue weighted by Gasteiger charge is 2.56. The fourth-order valence-electron chi connectivity index (χ4n) is 2.94. The van der Waals surface area contributed by atoms with E-state index in [-0.39, 0.29) is 0 Å². The van der Waals surface area contributed by atoms with Crippen molar-refractivity contribution < 1.29 is 4.74 Å². The zero-order valence-electron chi connectivity index (χ0n) is 6.79. The second kappa shape index (κ2) is 1.97. The fraction of sp³-hybridized carbons (Fsp3) is 1.00. The number of likely N-dealkylation sites (N-methyl/N-ethyl adjacent to an activating group) is 1. The van der Waals surface area contributed by atoms with Gasteiger partial charge in [0.15, 0.2) is 0 Å². The molecule has 0 unspecified atom stereocenters. The molecule has 3 heterocycles. The normalized spacial score (nSPS) is 54.3. The van der Waals surface area contributed by atoms with E-state index in [9.17, 15) is 0 Å². The number of ether oxygens (including phenoxy) is 1. The van der Waals surface area contributed by atoms with Gasteiger partial charge in [0.1, 0.15) is 0 Å². The van der Waals surface area contributed by atoms with Crippen LogP contribution in [0.25, 0.3) is 0 Å². The standard InChI is InChI=1S/C8H14N2O/c1-9-7-6-4-10-3-2-5(11-6)8(7)10/h5-9H,2-4H2,1H3/t5-,6+,7-,8+/m0/s1. The van der Waals surface area contributed by atoms with Gasteiger partial charge in [-0.2, -0.15) is 0 Å². The Balaban J connectivity index is 1.93. The van der Waals surface area contributed by atoms with Crippen LogP contribution in [0.15, 0.2) is 0 Å². The number of morpholine rings is 1. The second-order valence-electron chi connectivity index (χ2n) is 3.80. The number of hydrogen-bond donors (Lipinski definition) is 1. The first kappa shape index (κ1) is 6.40. The molecule has 0 spiro atoms. The van der Waals surface area contributed by atoms with Crippen LogP contribution in [0.1, 0.15) is 6.42 Å². The summed E-state index contributed by atoms with van der Waals surface area (Å²) >= 11 is 0. The van der Waals surface area contributed by atoms with E-state index in [0.29, 0.717) is 24.3 Å². The van der Waals surface area contributed by atoms with Crippen LogP contribution in [0.4, 0.5) is 0 Å². The van der Waals surface area contributed by atoms with E-state index in [1.54, 1.807) is 0 Å². The highest BCUT2D eigenvalue weighted by molar-refractivity contribution is 5.11. The van der Waals surface area contributed by atoms with Crippen LogP contribution in [-0.2, 0) is 4.74 Å². The van der Waals surface area contributed by atoms with E-state index in [0.717, 1.165) is 6.54 Å². The van der Waals surface area contributed by atoms with Crippen LogP contribution in [0.3, 0.4) is 0 Å². The molecule has 3 aliphatic rings. The Kier molecular flexibility index (Phi) is 1.15. The van der Waals surface area contributed by atoms with Crippen LogP contribution in [0.2, 0.25) is 0 Å². The van der Waals surface area contributed by atoms with E-state index in [1.165, 1.54) is 13.0 Å². The second-order valence-corrected chi connectivity index (χ2v) is 3.80. The van der Waals surface area contributed by atoms with Crippen LogP contribution in [-0.4, -0.2) is 49.3 Å². The van der Waals surface area contributed by atoms with Gasteiger partial charge in [-0.1, -0.05) is 0 Å². The van der Waals surface area contributed by atoms with Gasteiger partial charge in [-0.25, -0.2) is 0 Å². The summed E-state index contributed by atoms with van der Waals surface area (Å²) in [6.45, 7) is 2.41. The van der Waals surface area contributed by atoms with E-state index in [4.69, 9.17) is 4.74 Å². The molecule has 62 valence electrons. The predicted octanol–water partition coefficient (Wildman–Crippen LogP) is -0.570. The van der Waals surface area contributed by atoms with Gasteiger partial charge in [-0.15, -0.1) is 0 Å². The molecule has 3 heteroatoms. The topological polar surface area (TPSA) is 24.5 Å². The summed E-state index contributed by atoms with van der Waals surface area (Å²) in [6.07, 6.45) is 2.28. The summed E-state index contributed by atoms with van der Waals surface area (Å²) in [7, 11) is 2.05. The Labute approximate surface area is 66.7 Å². The summed E-state index contributed by atoms with van der Waals surface area (Å²) in [6, 6.07) is 1.31. The number of rotatable bonds is 1. The fourth-order valence-corrected chi connectivity index (χ4v) is 2.94. The SMILES string of the molecule is CN[C@@H]1[C@H]2[C@@H]3CCN2C[C@H]1O3.